The fraction of sp³-hybridized carbons (Fsp3) is 0.348. The van der Waals surface area contributed by atoms with Gasteiger partial charge < -0.3 is 25.4 Å². The van der Waals surface area contributed by atoms with Crippen molar-refractivity contribution in [2.24, 2.45) is 5.92 Å². The molecular weight excluding hydrogens is 481 g/mol. The Balaban J connectivity index is 1.56. The van der Waals surface area contributed by atoms with E-state index in [1.807, 2.05) is 12.1 Å². The highest BCUT2D eigenvalue weighted by Gasteiger charge is 2.23. The van der Waals surface area contributed by atoms with Crippen molar-refractivity contribution in [3.63, 3.8) is 0 Å². The Morgan fingerprint density at radius 1 is 1.12 bits per heavy atom. The van der Waals surface area contributed by atoms with Crippen LogP contribution in [0.5, 0.6) is 11.5 Å². The molecule has 3 aromatic rings. The van der Waals surface area contributed by atoms with Gasteiger partial charge in [0.15, 0.2) is 16.6 Å². The molecule has 0 saturated carbocycles. The van der Waals surface area contributed by atoms with Crippen molar-refractivity contribution in [1.82, 2.24) is 15.3 Å². The molecule has 0 bridgehead atoms. The van der Waals surface area contributed by atoms with Gasteiger partial charge in [-0.3, -0.25) is 0 Å². The van der Waals surface area contributed by atoms with Crippen molar-refractivity contribution in [3.8, 4) is 11.5 Å². The molecule has 1 unspecified atom stereocenters. The van der Waals surface area contributed by atoms with Crippen LogP contribution in [0.2, 0.25) is 10.0 Å². The first-order valence-corrected chi connectivity index (χ1v) is 11.8. The lowest BCUT2D eigenvalue weighted by molar-refractivity contribution is 0.124. The van der Waals surface area contributed by atoms with Crippen LogP contribution in [0.25, 0.3) is 10.9 Å². The second kappa shape index (κ2) is 10.7. The quantitative estimate of drug-likeness (QED) is 0.377. The maximum absolute atomic E-state index is 6.31. The fourth-order valence-electron chi connectivity index (χ4n) is 3.89. The van der Waals surface area contributed by atoms with Crippen molar-refractivity contribution in [3.05, 3.63) is 46.7 Å². The van der Waals surface area contributed by atoms with Crippen molar-refractivity contribution in [2.75, 3.05) is 30.8 Å². The molecule has 0 aliphatic carbocycles. The number of fused-ring (bicyclic) bond motifs is 1. The SMILES string of the molecule is COc1cc2c(NC(=S)Nc3c(Cl)cccc3Cl)ncnc2cc1OC(C)C1CCNCC1. The Hall–Kier alpha value is -2.39. The Labute approximate surface area is 208 Å². The molecule has 4 rings (SSSR count). The number of benzene rings is 2. The highest BCUT2D eigenvalue weighted by molar-refractivity contribution is 7.80. The molecule has 1 aliphatic heterocycles. The van der Waals surface area contributed by atoms with E-state index in [-0.39, 0.29) is 6.10 Å². The minimum atomic E-state index is 0.0648. The summed E-state index contributed by atoms with van der Waals surface area (Å²) in [6.45, 7) is 4.14. The van der Waals surface area contributed by atoms with E-state index in [0.29, 0.717) is 49.6 Å². The number of halogens is 2. The summed E-state index contributed by atoms with van der Waals surface area (Å²) in [5.74, 6) is 2.28. The van der Waals surface area contributed by atoms with Gasteiger partial charge in [-0.25, -0.2) is 9.97 Å². The number of nitrogens with zero attached hydrogens (tertiary/aromatic N) is 2. The number of hydrogen-bond donors (Lipinski definition) is 3. The van der Waals surface area contributed by atoms with Crippen LogP contribution < -0.4 is 25.4 Å². The molecule has 174 valence electrons. The predicted octanol–water partition coefficient (Wildman–Crippen LogP) is 5.52. The average Bonchev–Trinajstić information content (AvgIpc) is 2.82. The Morgan fingerprint density at radius 3 is 2.55 bits per heavy atom. The first kappa shape index (κ1) is 23.8. The predicted molar refractivity (Wildman–Crippen MR) is 138 cm³/mol. The Bertz CT molecular complexity index is 1140. The monoisotopic (exact) mass is 505 g/mol. The van der Waals surface area contributed by atoms with Gasteiger partial charge in [0.25, 0.3) is 0 Å². The van der Waals surface area contributed by atoms with Gasteiger partial charge in [0, 0.05) is 11.5 Å². The van der Waals surface area contributed by atoms with Gasteiger partial charge in [-0.15, -0.1) is 0 Å². The largest absolute Gasteiger partial charge is 0.493 e. The summed E-state index contributed by atoms with van der Waals surface area (Å²) in [5, 5.41) is 11.5. The van der Waals surface area contributed by atoms with E-state index in [2.05, 4.69) is 32.8 Å². The number of anilines is 2. The van der Waals surface area contributed by atoms with Gasteiger partial charge in [0.1, 0.15) is 12.1 Å². The molecule has 0 amide bonds. The van der Waals surface area contributed by atoms with Gasteiger partial charge in [0.05, 0.1) is 34.5 Å². The summed E-state index contributed by atoms with van der Waals surface area (Å²) in [5.41, 5.74) is 1.23. The highest BCUT2D eigenvalue weighted by atomic mass is 35.5. The lowest BCUT2D eigenvalue weighted by Gasteiger charge is -2.29. The zero-order valence-corrected chi connectivity index (χ0v) is 20.7. The normalized spacial score (nSPS) is 15.2. The van der Waals surface area contributed by atoms with E-state index in [9.17, 15) is 0 Å². The van der Waals surface area contributed by atoms with Gasteiger partial charge >= 0.3 is 0 Å². The molecule has 0 spiro atoms. The van der Waals surface area contributed by atoms with Crippen molar-refractivity contribution in [2.45, 2.75) is 25.9 Å². The van der Waals surface area contributed by atoms with Crippen LogP contribution in [0.3, 0.4) is 0 Å². The molecule has 2 aromatic carbocycles. The molecule has 1 saturated heterocycles. The topological polar surface area (TPSA) is 80.3 Å². The molecule has 1 atom stereocenters. The van der Waals surface area contributed by atoms with Crippen molar-refractivity contribution >= 4 is 62.9 Å². The number of aromatic nitrogens is 2. The Kier molecular flexibility index (Phi) is 7.70. The second-order valence-corrected chi connectivity index (χ2v) is 9.05. The summed E-state index contributed by atoms with van der Waals surface area (Å²) in [4.78, 5) is 8.77. The molecule has 1 aromatic heterocycles. The van der Waals surface area contributed by atoms with Crippen molar-refractivity contribution in [1.29, 1.82) is 0 Å². The molecule has 2 heterocycles. The lowest BCUT2D eigenvalue weighted by atomic mass is 9.93. The number of rotatable bonds is 6. The number of hydrogen-bond acceptors (Lipinski definition) is 6. The summed E-state index contributed by atoms with van der Waals surface area (Å²) in [6.07, 6.45) is 3.72. The lowest BCUT2D eigenvalue weighted by Crippen LogP contribution is -2.35. The molecule has 10 heteroatoms. The van der Waals surface area contributed by atoms with E-state index in [1.54, 1.807) is 25.3 Å². The van der Waals surface area contributed by atoms with Crippen LogP contribution in [-0.2, 0) is 0 Å². The van der Waals surface area contributed by atoms with Crippen LogP contribution in [0.15, 0.2) is 36.7 Å². The number of thiocarbonyl (C=S) groups is 1. The molecule has 3 N–H and O–H groups in total. The van der Waals surface area contributed by atoms with Crippen LogP contribution in [0, 0.1) is 5.92 Å². The zero-order chi connectivity index (χ0) is 23.4. The van der Waals surface area contributed by atoms with Crippen LogP contribution >= 0.6 is 35.4 Å². The minimum absolute atomic E-state index is 0.0648. The first-order valence-electron chi connectivity index (χ1n) is 10.7. The number of piperidine rings is 1. The smallest absolute Gasteiger partial charge is 0.176 e. The maximum Gasteiger partial charge on any atom is 0.176 e. The number of para-hydroxylation sites is 1. The summed E-state index contributed by atoms with van der Waals surface area (Å²) < 4.78 is 11.9. The molecule has 0 radical (unpaired) electrons. The van der Waals surface area contributed by atoms with E-state index in [0.717, 1.165) is 31.3 Å². The minimum Gasteiger partial charge on any atom is -0.493 e. The third-order valence-electron chi connectivity index (χ3n) is 5.71. The Morgan fingerprint density at radius 2 is 1.85 bits per heavy atom. The summed E-state index contributed by atoms with van der Waals surface area (Å²) >= 11 is 17.9. The number of methoxy groups -OCH3 is 1. The van der Waals surface area contributed by atoms with Gasteiger partial charge in [0.2, 0.25) is 0 Å². The molecule has 33 heavy (non-hydrogen) atoms. The standard InChI is InChI=1S/C23H25Cl2N5O2S/c1-13(14-6-8-26-9-7-14)32-20-11-18-15(10-19(20)31-2)22(28-12-27-18)30-23(33)29-21-16(24)4-3-5-17(21)25/h3-5,10-14,26H,6-9H2,1-2H3,(H2,27,28,29,30,33). The first-order chi connectivity index (χ1) is 16.0. The molecule has 1 fully saturated rings. The fourth-order valence-corrected chi connectivity index (χ4v) is 4.59. The van der Waals surface area contributed by atoms with E-state index >= 15 is 0 Å². The second-order valence-electron chi connectivity index (χ2n) is 7.83. The average molecular weight is 506 g/mol. The van der Waals surface area contributed by atoms with E-state index in [1.165, 1.54) is 6.33 Å². The van der Waals surface area contributed by atoms with Crippen LogP contribution in [0.1, 0.15) is 19.8 Å². The van der Waals surface area contributed by atoms with Crippen LogP contribution in [-0.4, -0.2) is 41.4 Å². The van der Waals surface area contributed by atoms with Crippen molar-refractivity contribution < 1.29 is 9.47 Å². The third-order valence-corrected chi connectivity index (χ3v) is 6.55. The van der Waals surface area contributed by atoms with E-state index in [4.69, 9.17) is 44.9 Å². The third kappa shape index (κ3) is 5.58. The zero-order valence-electron chi connectivity index (χ0n) is 18.3. The molecule has 1 aliphatic rings. The summed E-state index contributed by atoms with van der Waals surface area (Å²) in [6, 6.07) is 8.96. The molecule has 7 nitrogen and oxygen atoms in total. The van der Waals surface area contributed by atoms with Gasteiger partial charge in [-0.05, 0) is 69.2 Å². The van der Waals surface area contributed by atoms with Gasteiger partial charge in [-0.2, -0.15) is 0 Å². The highest BCUT2D eigenvalue weighted by Crippen LogP contribution is 2.36. The molecular formula is C23H25Cl2N5O2S. The summed E-state index contributed by atoms with van der Waals surface area (Å²) in [7, 11) is 1.62. The number of nitrogens with one attached hydrogen (secondary N) is 3. The van der Waals surface area contributed by atoms with E-state index < -0.39 is 0 Å². The van der Waals surface area contributed by atoms with Gasteiger partial charge in [-0.1, -0.05) is 29.3 Å². The number of ether oxygens (including phenoxy) is 2. The van der Waals surface area contributed by atoms with Crippen LogP contribution in [0.4, 0.5) is 11.5 Å². The maximum atomic E-state index is 6.31.